The van der Waals surface area contributed by atoms with E-state index in [4.69, 9.17) is 11.6 Å². The van der Waals surface area contributed by atoms with Crippen LogP contribution >= 0.6 is 22.9 Å². The summed E-state index contributed by atoms with van der Waals surface area (Å²) >= 11 is 7.57. The number of aromatic nitrogens is 1. The van der Waals surface area contributed by atoms with Gasteiger partial charge in [0.25, 0.3) is 0 Å². The van der Waals surface area contributed by atoms with Crippen LogP contribution in [-0.2, 0) is 17.8 Å². The van der Waals surface area contributed by atoms with E-state index in [1.54, 1.807) is 23.3 Å². The zero-order valence-electron chi connectivity index (χ0n) is 14.2. The standard InChI is InChI=1S/C20H19ClN2OS/c1-14-5-3-7-16(9-14)20-22-18(13-25-20)11-19(24)23(2)12-15-6-4-8-17(21)10-15/h3-10,13H,11-12H2,1-2H3. The van der Waals surface area contributed by atoms with Crippen LogP contribution in [0.15, 0.2) is 53.9 Å². The van der Waals surface area contributed by atoms with Gasteiger partial charge >= 0.3 is 0 Å². The smallest absolute Gasteiger partial charge is 0.228 e. The molecule has 3 rings (SSSR count). The van der Waals surface area contributed by atoms with Crippen molar-refractivity contribution >= 4 is 28.8 Å². The number of likely N-dealkylation sites (N-methyl/N-ethyl adjacent to an activating group) is 1. The van der Waals surface area contributed by atoms with Gasteiger partial charge in [-0.15, -0.1) is 11.3 Å². The summed E-state index contributed by atoms with van der Waals surface area (Å²) in [4.78, 5) is 18.8. The van der Waals surface area contributed by atoms with Crippen LogP contribution in [0.25, 0.3) is 10.6 Å². The normalized spacial score (nSPS) is 10.7. The second kappa shape index (κ2) is 7.81. The number of thiazole rings is 1. The number of nitrogens with zero attached hydrogens (tertiary/aromatic N) is 2. The molecule has 0 aliphatic carbocycles. The predicted molar refractivity (Wildman–Crippen MR) is 104 cm³/mol. The summed E-state index contributed by atoms with van der Waals surface area (Å²) in [5.41, 5.74) is 4.12. The Morgan fingerprint density at radius 3 is 2.76 bits per heavy atom. The summed E-state index contributed by atoms with van der Waals surface area (Å²) in [6.07, 6.45) is 0.305. The molecule has 0 unspecified atom stereocenters. The number of benzene rings is 2. The van der Waals surface area contributed by atoms with E-state index >= 15 is 0 Å². The van der Waals surface area contributed by atoms with Crippen LogP contribution in [-0.4, -0.2) is 22.8 Å². The molecular formula is C20H19ClN2OS. The molecule has 2 aromatic carbocycles. The molecule has 3 nitrogen and oxygen atoms in total. The minimum absolute atomic E-state index is 0.0427. The summed E-state index contributed by atoms with van der Waals surface area (Å²) in [5, 5.41) is 3.59. The lowest BCUT2D eigenvalue weighted by Gasteiger charge is -2.16. The molecular weight excluding hydrogens is 352 g/mol. The first-order valence-corrected chi connectivity index (χ1v) is 9.27. The summed E-state index contributed by atoms with van der Waals surface area (Å²) < 4.78 is 0. The van der Waals surface area contributed by atoms with Crippen LogP contribution in [0.4, 0.5) is 0 Å². The van der Waals surface area contributed by atoms with Crippen molar-refractivity contribution in [3.05, 3.63) is 75.8 Å². The molecule has 128 valence electrons. The van der Waals surface area contributed by atoms with Gasteiger partial charge in [-0.3, -0.25) is 4.79 Å². The van der Waals surface area contributed by atoms with Crippen molar-refractivity contribution in [1.29, 1.82) is 0 Å². The summed E-state index contributed by atoms with van der Waals surface area (Å²) in [6, 6.07) is 15.8. The molecule has 0 fully saturated rings. The molecule has 5 heteroatoms. The molecule has 3 aromatic rings. The highest BCUT2D eigenvalue weighted by molar-refractivity contribution is 7.13. The molecule has 0 N–H and O–H groups in total. The van der Waals surface area contributed by atoms with E-state index in [-0.39, 0.29) is 5.91 Å². The highest BCUT2D eigenvalue weighted by Gasteiger charge is 2.13. The summed E-state index contributed by atoms with van der Waals surface area (Å²) in [6.45, 7) is 2.60. The predicted octanol–water partition coefficient (Wildman–Crippen LogP) is 4.97. The third-order valence-corrected chi connectivity index (χ3v) is 5.06. The Morgan fingerprint density at radius 1 is 1.20 bits per heavy atom. The molecule has 25 heavy (non-hydrogen) atoms. The molecule has 0 saturated carbocycles. The van der Waals surface area contributed by atoms with E-state index in [9.17, 15) is 4.79 Å². The molecule has 1 amide bonds. The molecule has 0 aliphatic rings. The Balaban J connectivity index is 1.65. The number of aryl methyl sites for hydroxylation is 1. The van der Waals surface area contributed by atoms with E-state index in [1.165, 1.54) is 5.56 Å². The van der Waals surface area contributed by atoms with Crippen LogP contribution in [0.2, 0.25) is 5.02 Å². The Kier molecular flexibility index (Phi) is 5.51. The fraction of sp³-hybridized carbons (Fsp3) is 0.200. The molecule has 0 bridgehead atoms. The lowest BCUT2D eigenvalue weighted by atomic mass is 10.1. The molecule has 0 atom stereocenters. The molecule has 0 aliphatic heterocycles. The first-order chi connectivity index (χ1) is 12.0. The van der Waals surface area contributed by atoms with Gasteiger partial charge in [0.1, 0.15) is 5.01 Å². The van der Waals surface area contributed by atoms with Crippen molar-refractivity contribution in [2.45, 2.75) is 19.9 Å². The second-order valence-corrected chi connectivity index (χ2v) is 7.36. The summed E-state index contributed by atoms with van der Waals surface area (Å²) in [5.74, 6) is 0.0427. The second-order valence-electron chi connectivity index (χ2n) is 6.07. The number of amides is 1. The molecule has 1 heterocycles. The lowest BCUT2D eigenvalue weighted by molar-refractivity contribution is -0.129. The zero-order valence-corrected chi connectivity index (χ0v) is 15.8. The Morgan fingerprint density at radius 2 is 2.00 bits per heavy atom. The molecule has 1 aromatic heterocycles. The van der Waals surface area contributed by atoms with Crippen molar-refractivity contribution < 1.29 is 4.79 Å². The van der Waals surface area contributed by atoms with Crippen molar-refractivity contribution in [2.24, 2.45) is 0 Å². The monoisotopic (exact) mass is 370 g/mol. The quantitative estimate of drug-likeness (QED) is 0.635. The third kappa shape index (κ3) is 4.68. The average Bonchev–Trinajstić information content (AvgIpc) is 3.03. The van der Waals surface area contributed by atoms with Gasteiger partial charge in [0.15, 0.2) is 0 Å². The number of carbonyl (C=O) groups is 1. The van der Waals surface area contributed by atoms with E-state index in [1.807, 2.05) is 41.8 Å². The van der Waals surface area contributed by atoms with Crippen molar-refractivity contribution in [2.75, 3.05) is 7.05 Å². The number of halogens is 1. The number of carbonyl (C=O) groups excluding carboxylic acids is 1. The van der Waals surface area contributed by atoms with Crippen LogP contribution in [0.3, 0.4) is 0 Å². The largest absolute Gasteiger partial charge is 0.341 e. The van der Waals surface area contributed by atoms with Gasteiger partial charge in [0.2, 0.25) is 5.91 Å². The zero-order chi connectivity index (χ0) is 17.8. The minimum Gasteiger partial charge on any atom is -0.341 e. The first-order valence-electron chi connectivity index (χ1n) is 8.01. The van der Waals surface area contributed by atoms with Crippen LogP contribution < -0.4 is 0 Å². The van der Waals surface area contributed by atoms with E-state index in [0.29, 0.717) is 18.0 Å². The highest BCUT2D eigenvalue weighted by Crippen LogP contribution is 2.24. The maximum Gasteiger partial charge on any atom is 0.228 e. The van der Waals surface area contributed by atoms with Crippen molar-refractivity contribution in [1.82, 2.24) is 9.88 Å². The average molecular weight is 371 g/mol. The molecule has 0 spiro atoms. The number of rotatable bonds is 5. The van der Waals surface area contributed by atoms with Gasteiger partial charge in [-0.2, -0.15) is 0 Å². The van der Waals surface area contributed by atoms with Gasteiger partial charge < -0.3 is 4.90 Å². The summed E-state index contributed by atoms with van der Waals surface area (Å²) in [7, 11) is 1.80. The van der Waals surface area contributed by atoms with Gasteiger partial charge in [0, 0.05) is 29.6 Å². The lowest BCUT2D eigenvalue weighted by Crippen LogP contribution is -2.27. The van der Waals surface area contributed by atoms with Crippen molar-refractivity contribution in [3.8, 4) is 10.6 Å². The van der Waals surface area contributed by atoms with Gasteiger partial charge in [-0.05, 0) is 30.7 Å². The number of hydrogen-bond acceptors (Lipinski definition) is 3. The van der Waals surface area contributed by atoms with Gasteiger partial charge in [0.05, 0.1) is 12.1 Å². The van der Waals surface area contributed by atoms with Gasteiger partial charge in [-0.1, -0.05) is 47.5 Å². The maximum absolute atomic E-state index is 12.5. The highest BCUT2D eigenvalue weighted by atomic mass is 35.5. The van der Waals surface area contributed by atoms with Crippen LogP contribution in [0.5, 0.6) is 0 Å². The van der Waals surface area contributed by atoms with Crippen LogP contribution in [0.1, 0.15) is 16.8 Å². The third-order valence-electron chi connectivity index (χ3n) is 3.88. The topological polar surface area (TPSA) is 33.2 Å². The minimum atomic E-state index is 0.0427. The fourth-order valence-corrected chi connectivity index (χ4v) is 3.62. The molecule has 0 saturated heterocycles. The van der Waals surface area contributed by atoms with Gasteiger partial charge in [-0.25, -0.2) is 4.98 Å². The first kappa shape index (κ1) is 17.6. The van der Waals surface area contributed by atoms with E-state index < -0.39 is 0 Å². The van der Waals surface area contributed by atoms with E-state index in [0.717, 1.165) is 21.8 Å². The number of hydrogen-bond donors (Lipinski definition) is 0. The van der Waals surface area contributed by atoms with Crippen molar-refractivity contribution in [3.63, 3.8) is 0 Å². The fourth-order valence-electron chi connectivity index (χ4n) is 2.59. The maximum atomic E-state index is 12.5. The van der Waals surface area contributed by atoms with Crippen LogP contribution in [0, 0.1) is 6.92 Å². The molecule has 0 radical (unpaired) electrons. The Bertz CT molecular complexity index is 891. The Hall–Kier alpha value is -2.17. The van der Waals surface area contributed by atoms with E-state index in [2.05, 4.69) is 24.0 Å². The Labute approximate surface area is 156 Å². The SMILES string of the molecule is Cc1cccc(-c2nc(CC(=O)N(C)Cc3cccc(Cl)c3)cs2)c1.